The molecule has 2 N–H and O–H groups in total. The first kappa shape index (κ1) is 12.4. The van der Waals surface area contributed by atoms with Crippen LogP contribution in [0.4, 0.5) is 0 Å². The zero-order valence-corrected chi connectivity index (χ0v) is 9.37. The smallest absolute Gasteiger partial charge is 0.488 e. The Labute approximate surface area is 97.8 Å². The lowest BCUT2D eigenvalue weighted by Gasteiger charge is -2.08. The van der Waals surface area contributed by atoms with Crippen LogP contribution in [0.25, 0.3) is 0 Å². The number of unbranched alkanes of at least 4 members (excludes halogenated alkanes) is 1. The van der Waals surface area contributed by atoms with Crippen molar-refractivity contribution in [3.63, 3.8) is 0 Å². The average Bonchev–Trinajstić information content (AvgIpc) is 2.20. The lowest BCUT2D eigenvalue weighted by molar-refractivity contribution is 0.309. The van der Waals surface area contributed by atoms with E-state index < -0.39 is 7.12 Å². The van der Waals surface area contributed by atoms with Gasteiger partial charge in [-0.3, -0.25) is 0 Å². The highest BCUT2D eigenvalue weighted by molar-refractivity contribution is 6.59. The van der Waals surface area contributed by atoms with Crippen molar-refractivity contribution in [2.45, 2.75) is 19.8 Å². The van der Waals surface area contributed by atoms with E-state index in [-0.39, 0.29) is 2.85 Å². The first-order valence-electron chi connectivity index (χ1n) is 4.93. The van der Waals surface area contributed by atoms with Crippen molar-refractivity contribution in [2.75, 3.05) is 6.61 Å². The molecule has 0 fully saturated rings. The quantitative estimate of drug-likeness (QED) is 0.600. The molecule has 1 aromatic carbocycles. The predicted molar refractivity (Wildman–Crippen MR) is 65.9 cm³/mol. The fourth-order valence-corrected chi connectivity index (χ4v) is 1.36. The number of benzene rings is 1. The van der Waals surface area contributed by atoms with E-state index in [1.165, 1.54) is 6.07 Å². The Morgan fingerprint density at radius 1 is 1.47 bits per heavy atom. The highest BCUT2D eigenvalue weighted by Crippen LogP contribution is 2.22. The van der Waals surface area contributed by atoms with E-state index in [2.05, 4.69) is 6.92 Å². The van der Waals surface area contributed by atoms with Crippen LogP contribution in [-0.2, 0) is 0 Å². The second kappa shape index (κ2) is 6.00. The zero-order chi connectivity index (χ0) is 11.3. The highest BCUT2D eigenvalue weighted by Gasteiger charge is 2.12. The number of hydrogen-bond acceptors (Lipinski definition) is 3. The van der Waals surface area contributed by atoms with Crippen molar-refractivity contribution in [2.24, 2.45) is 0 Å². The molecule has 1 rings (SSSR count). The van der Waals surface area contributed by atoms with E-state index in [0.29, 0.717) is 22.8 Å². The Balaban J connectivity index is 0. The molecule has 0 aliphatic heterocycles. The van der Waals surface area contributed by atoms with Crippen LogP contribution in [0.5, 0.6) is 5.75 Å². The molecule has 0 saturated carbocycles. The summed E-state index contributed by atoms with van der Waals surface area (Å²) >= 11 is 5.91. The molecule has 0 aromatic heterocycles. The topological polar surface area (TPSA) is 49.7 Å². The molecule has 0 aliphatic carbocycles. The summed E-state index contributed by atoms with van der Waals surface area (Å²) in [7, 11) is -1.49. The van der Waals surface area contributed by atoms with Gasteiger partial charge in [-0.25, -0.2) is 0 Å². The first-order valence-corrected chi connectivity index (χ1v) is 5.31. The minimum absolute atomic E-state index is 0. The zero-order valence-electron chi connectivity index (χ0n) is 8.61. The normalized spacial score (nSPS) is 10.1. The van der Waals surface area contributed by atoms with E-state index in [1.807, 2.05) is 0 Å². The van der Waals surface area contributed by atoms with Crippen molar-refractivity contribution in [1.29, 1.82) is 0 Å². The van der Waals surface area contributed by atoms with Crippen molar-refractivity contribution in [1.82, 2.24) is 0 Å². The monoisotopic (exact) mass is 232 g/mol. The summed E-state index contributed by atoms with van der Waals surface area (Å²) in [6.45, 7) is 2.70. The predicted octanol–water partition coefficient (Wildman–Crippen LogP) is 1.69. The molecule has 0 amide bonds. The lowest BCUT2D eigenvalue weighted by atomic mass is 9.80. The molecule has 0 atom stereocenters. The van der Waals surface area contributed by atoms with Crippen molar-refractivity contribution < 1.29 is 17.6 Å². The maximum absolute atomic E-state index is 8.91. The molecule has 0 radical (unpaired) electrons. The van der Waals surface area contributed by atoms with Crippen LogP contribution in [0, 0.1) is 0 Å². The Morgan fingerprint density at radius 2 is 2.20 bits per heavy atom. The van der Waals surface area contributed by atoms with Crippen LogP contribution in [0.2, 0.25) is 5.02 Å². The lowest BCUT2D eigenvalue weighted by Crippen LogP contribution is -2.29. The molecular formula is C10H18BClO3. The molecule has 0 spiro atoms. The van der Waals surface area contributed by atoms with Gasteiger partial charge in [-0.15, -0.1) is 0 Å². The number of rotatable bonds is 5. The van der Waals surface area contributed by atoms with E-state index in [9.17, 15) is 0 Å². The van der Waals surface area contributed by atoms with Crippen LogP contribution in [0.1, 0.15) is 22.6 Å². The first-order chi connectivity index (χ1) is 7.15. The standard InChI is InChI=1S/C10H14BClO3.2H2/c1-2-3-6-15-10-5-4-8(11(13)14)7-9(10)12;;/h4-5,7,13-14H,2-3,6H2,1H3;2*1H. The Bertz CT molecular complexity index is 326. The SMILES string of the molecule is CCCCOc1ccc(B(O)O)cc1Cl.[HH].[HH]. The molecular weight excluding hydrogens is 214 g/mol. The molecule has 0 bridgehead atoms. The molecule has 3 nitrogen and oxygen atoms in total. The third-order valence-electron chi connectivity index (χ3n) is 2.01. The Kier molecular flexibility index (Phi) is 4.95. The second-order valence-electron chi connectivity index (χ2n) is 3.27. The van der Waals surface area contributed by atoms with Gasteiger partial charge >= 0.3 is 7.12 Å². The third kappa shape index (κ3) is 3.74. The van der Waals surface area contributed by atoms with E-state index in [0.717, 1.165) is 12.8 Å². The van der Waals surface area contributed by atoms with Crippen molar-refractivity contribution >= 4 is 24.2 Å². The van der Waals surface area contributed by atoms with Crippen LogP contribution in [0.15, 0.2) is 18.2 Å². The summed E-state index contributed by atoms with van der Waals surface area (Å²) in [6.07, 6.45) is 2.03. The van der Waals surface area contributed by atoms with Crippen molar-refractivity contribution in [3.05, 3.63) is 23.2 Å². The fourth-order valence-electron chi connectivity index (χ4n) is 1.12. The number of ether oxygens (including phenoxy) is 1. The van der Waals surface area contributed by atoms with Gasteiger partial charge in [-0.1, -0.05) is 31.0 Å². The van der Waals surface area contributed by atoms with Gasteiger partial charge in [-0.2, -0.15) is 0 Å². The summed E-state index contributed by atoms with van der Waals surface area (Å²) in [5.41, 5.74) is 0.364. The van der Waals surface area contributed by atoms with Crippen LogP contribution in [-0.4, -0.2) is 23.8 Å². The number of hydrogen-bond donors (Lipinski definition) is 2. The summed E-state index contributed by atoms with van der Waals surface area (Å²) in [4.78, 5) is 0. The maximum Gasteiger partial charge on any atom is 0.488 e. The van der Waals surface area contributed by atoms with Crippen LogP contribution in [0.3, 0.4) is 0 Å². The molecule has 0 unspecified atom stereocenters. The van der Waals surface area contributed by atoms with Gasteiger partial charge < -0.3 is 14.8 Å². The highest BCUT2D eigenvalue weighted by atomic mass is 35.5. The average molecular weight is 233 g/mol. The third-order valence-corrected chi connectivity index (χ3v) is 2.30. The summed E-state index contributed by atoms with van der Waals surface area (Å²) in [6, 6.07) is 4.72. The second-order valence-corrected chi connectivity index (χ2v) is 3.67. The summed E-state index contributed by atoms with van der Waals surface area (Å²) in [5, 5.41) is 18.2. The molecule has 1 aromatic rings. The largest absolute Gasteiger partial charge is 0.492 e. The maximum atomic E-state index is 8.91. The van der Waals surface area contributed by atoms with Gasteiger partial charge in [0.05, 0.1) is 11.6 Å². The summed E-state index contributed by atoms with van der Waals surface area (Å²) < 4.78 is 5.42. The van der Waals surface area contributed by atoms with E-state index in [1.54, 1.807) is 12.1 Å². The van der Waals surface area contributed by atoms with Gasteiger partial charge in [0.2, 0.25) is 0 Å². The van der Waals surface area contributed by atoms with E-state index in [4.69, 9.17) is 26.4 Å². The molecule has 5 heteroatoms. The van der Waals surface area contributed by atoms with Gasteiger partial charge in [0.15, 0.2) is 0 Å². The minimum Gasteiger partial charge on any atom is -0.492 e. The molecule has 0 aliphatic rings. The van der Waals surface area contributed by atoms with Gasteiger partial charge in [0.1, 0.15) is 5.75 Å². The Hall–Kier alpha value is -0.705. The molecule has 15 heavy (non-hydrogen) atoms. The molecule has 0 saturated heterocycles. The van der Waals surface area contributed by atoms with Gasteiger partial charge in [0.25, 0.3) is 0 Å². The molecule has 0 heterocycles. The van der Waals surface area contributed by atoms with Crippen LogP contribution < -0.4 is 10.2 Å². The summed E-state index contributed by atoms with van der Waals surface area (Å²) in [5.74, 6) is 0.578. The van der Waals surface area contributed by atoms with Crippen molar-refractivity contribution in [3.8, 4) is 5.75 Å². The number of halogens is 1. The van der Waals surface area contributed by atoms with Crippen LogP contribution >= 0.6 is 11.6 Å². The Morgan fingerprint density at radius 3 is 2.73 bits per heavy atom. The van der Waals surface area contributed by atoms with Gasteiger partial charge in [0, 0.05) is 2.85 Å². The minimum atomic E-state index is -1.49. The van der Waals surface area contributed by atoms with Gasteiger partial charge in [-0.05, 0) is 24.0 Å². The molecule has 86 valence electrons. The fraction of sp³-hybridized carbons (Fsp3) is 0.400. The van der Waals surface area contributed by atoms with E-state index >= 15 is 0 Å².